The lowest BCUT2D eigenvalue weighted by atomic mass is 10.1. The minimum atomic E-state index is -3.49. The zero-order chi connectivity index (χ0) is 13.2. The Hall–Kier alpha value is -1.24. The fraction of sp³-hybridized carbons (Fsp3) is 0.167. The second kappa shape index (κ2) is 5.17. The van der Waals surface area contributed by atoms with Crippen LogP contribution in [0.4, 0.5) is 4.39 Å². The van der Waals surface area contributed by atoms with Crippen molar-refractivity contribution in [3.8, 4) is 0 Å². The monoisotopic (exact) mass is 286 g/mol. The molecule has 1 aromatic heterocycles. The molecule has 18 heavy (non-hydrogen) atoms. The third kappa shape index (κ3) is 2.45. The summed E-state index contributed by atoms with van der Waals surface area (Å²) in [6.45, 7) is 0.170. The van der Waals surface area contributed by atoms with E-state index in [-0.39, 0.29) is 6.54 Å². The third-order valence-corrected chi connectivity index (χ3v) is 6.23. The predicted octanol–water partition coefficient (Wildman–Crippen LogP) is 1.64. The molecule has 0 radical (unpaired) electrons. The molecule has 3 N–H and O–H groups in total. The molecule has 0 fully saturated rings. The number of benzene rings is 1. The maximum atomic E-state index is 13.2. The molecule has 0 bridgehead atoms. The minimum Gasteiger partial charge on any atom is -0.356 e. The van der Waals surface area contributed by atoms with E-state index in [4.69, 9.17) is 0 Å². The van der Waals surface area contributed by atoms with Crippen molar-refractivity contribution in [3.05, 3.63) is 53.2 Å². The maximum absolute atomic E-state index is 13.2. The Labute approximate surface area is 109 Å². The van der Waals surface area contributed by atoms with Gasteiger partial charge in [0.25, 0.3) is 0 Å². The average molecular weight is 286 g/mol. The van der Waals surface area contributed by atoms with Crippen LogP contribution in [0.2, 0.25) is 0 Å². The van der Waals surface area contributed by atoms with E-state index in [1.54, 1.807) is 23.6 Å². The summed E-state index contributed by atoms with van der Waals surface area (Å²) in [4.78, 5) is 0. The zero-order valence-corrected chi connectivity index (χ0v) is 11.2. The lowest BCUT2D eigenvalue weighted by Crippen LogP contribution is -2.54. The molecule has 0 unspecified atom stereocenters. The third-order valence-electron chi connectivity index (χ3n) is 2.63. The van der Waals surface area contributed by atoms with Gasteiger partial charge in [0, 0.05) is 0 Å². The molecule has 1 heterocycles. The second-order valence-electron chi connectivity index (χ2n) is 3.81. The first kappa shape index (κ1) is 13.2. The summed E-state index contributed by atoms with van der Waals surface area (Å²) in [5.41, 5.74) is 4.11. The molecule has 0 aliphatic carbocycles. The van der Waals surface area contributed by atoms with E-state index in [1.807, 2.05) is 0 Å². The van der Waals surface area contributed by atoms with Gasteiger partial charge in [-0.1, -0.05) is 18.2 Å². The number of quaternary nitrogens is 1. The zero-order valence-electron chi connectivity index (χ0n) is 9.54. The van der Waals surface area contributed by atoms with Crippen LogP contribution in [0, 0.1) is 5.82 Å². The number of halogens is 1. The van der Waals surface area contributed by atoms with Gasteiger partial charge in [0.05, 0.1) is 6.54 Å². The van der Waals surface area contributed by atoms with Crippen molar-refractivity contribution in [1.82, 2.24) is 0 Å². The van der Waals surface area contributed by atoms with Crippen LogP contribution in [0.5, 0.6) is 0 Å². The summed E-state index contributed by atoms with van der Waals surface area (Å²) in [6, 6.07) is 8.91. The van der Waals surface area contributed by atoms with Crippen LogP contribution in [0.15, 0.2) is 46.0 Å². The Bertz CT molecular complexity index is 623. The van der Waals surface area contributed by atoms with E-state index in [0.29, 0.717) is 9.77 Å². The van der Waals surface area contributed by atoms with Crippen LogP contribution >= 0.6 is 11.3 Å². The largest absolute Gasteiger partial charge is 0.356 e. The van der Waals surface area contributed by atoms with Gasteiger partial charge in [-0.15, -0.1) is 11.3 Å². The molecule has 0 aliphatic heterocycles. The van der Waals surface area contributed by atoms with Gasteiger partial charge in [-0.05, 0) is 29.1 Å². The van der Waals surface area contributed by atoms with Gasteiger partial charge in [-0.3, -0.25) is 0 Å². The lowest BCUT2D eigenvalue weighted by molar-refractivity contribution is -0.367. The Kier molecular flexibility index (Phi) is 3.79. The van der Waals surface area contributed by atoms with Gasteiger partial charge >= 0.3 is 0 Å². The summed E-state index contributed by atoms with van der Waals surface area (Å²) in [7, 11) is -3.49. The molecule has 0 spiro atoms. The summed E-state index contributed by atoms with van der Waals surface area (Å²) in [5.74, 6) is -0.438. The molecule has 0 saturated heterocycles. The predicted molar refractivity (Wildman–Crippen MR) is 68.4 cm³/mol. The fourth-order valence-electron chi connectivity index (χ4n) is 1.77. The van der Waals surface area contributed by atoms with Gasteiger partial charge in [0.2, 0.25) is 0 Å². The molecule has 0 saturated carbocycles. The first-order valence-electron chi connectivity index (χ1n) is 5.38. The van der Waals surface area contributed by atoms with Crippen LogP contribution in [0.3, 0.4) is 0 Å². The Morgan fingerprint density at radius 2 is 2.06 bits per heavy atom. The number of hydrogen-bond donors (Lipinski definition) is 1. The van der Waals surface area contributed by atoms with E-state index in [9.17, 15) is 12.8 Å². The van der Waals surface area contributed by atoms with Crippen LogP contribution < -0.4 is 5.73 Å². The van der Waals surface area contributed by atoms with E-state index in [0.717, 1.165) is 11.3 Å². The molecular weight excluding hydrogens is 273 g/mol. The molecule has 1 atom stereocenters. The second-order valence-corrected chi connectivity index (χ2v) is 7.11. The van der Waals surface area contributed by atoms with E-state index in [2.05, 4.69) is 5.73 Å². The Morgan fingerprint density at radius 1 is 1.28 bits per heavy atom. The van der Waals surface area contributed by atoms with Gasteiger partial charge < -0.3 is 5.73 Å². The number of sulfone groups is 1. The average Bonchev–Trinajstić information content (AvgIpc) is 2.83. The minimum absolute atomic E-state index is 0.170. The molecule has 0 aliphatic rings. The Morgan fingerprint density at radius 3 is 2.61 bits per heavy atom. The van der Waals surface area contributed by atoms with Crippen LogP contribution in [-0.4, -0.2) is 15.0 Å². The smallest absolute Gasteiger partial charge is 0.200 e. The number of rotatable bonds is 4. The molecule has 1 aromatic carbocycles. The Balaban J connectivity index is 2.47. The van der Waals surface area contributed by atoms with Crippen molar-refractivity contribution >= 4 is 21.2 Å². The molecule has 3 nitrogen and oxygen atoms in total. The summed E-state index contributed by atoms with van der Waals surface area (Å²) in [6.07, 6.45) is 0. The molecule has 6 heteroatoms. The van der Waals surface area contributed by atoms with Gasteiger partial charge in [-0.2, -0.15) is 0 Å². The van der Waals surface area contributed by atoms with E-state index < -0.39 is 20.9 Å². The molecule has 2 rings (SSSR count). The molecule has 0 amide bonds. The van der Waals surface area contributed by atoms with Gasteiger partial charge in [-0.25, -0.2) is 12.8 Å². The van der Waals surface area contributed by atoms with Crippen LogP contribution in [-0.2, 0) is 9.84 Å². The normalized spacial score (nSPS) is 13.4. The first-order valence-corrected chi connectivity index (χ1v) is 7.80. The maximum Gasteiger partial charge on any atom is 0.200 e. The SMILES string of the molecule is [NH3+]C[C@@H](c1cccc(F)c1)S(=O)(=O)c1cccs1. The highest BCUT2D eigenvalue weighted by atomic mass is 32.2. The highest BCUT2D eigenvalue weighted by Gasteiger charge is 2.30. The summed E-state index contributed by atoms with van der Waals surface area (Å²) < 4.78 is 38.2. The van der Waals surface area contributed by atoms with E-state index in [1.165, 1.54) is 18.2 Å². The van der Waals surface area contributed by atoms with Crippen molar-refractivity contribution in [2.45, 2.75) is 9.46 Å². The quantitative estimate of drug-likeness (QED) is 0.929. The standard InChI is InChI=1S/C12H12FNO2S2/c13-10-4-1-3-9(7-10)11(8-14)18(15,16)12-5-2-6-17-12/h1-7,11H,8,14H2/p+1/t11-/m0/s1. The van der Waals surface area contributed by atoms with Crippen molar-refractivity contribution < 1.29 is 18.5 Å². The van der Waals surface area contributed by atoms with E-state index >= 15 is 0 Å². The number of thiophene rings is 1. The summed E-state index contributed by atoms with van der Waals surface area (Å²) >= 11 is 1.16. The first-order chi connectivity index (χ1) is 8.55. The van der Waals surface area contributed by atoms with Crippen molar-refractivity contribution in [2.75, 3.05) is 6.54 Å². The molecule has 2 aromatic rings. The van der Waals surface area contributed by atoms with Crippen molar-refractivity contribution in [1.29, 1.82) is 0 Å². The highest BCUT2D eigenvalue weighted by Crippen LogP contribution is 2.30. The van der Waals surface area contributed by atoms with Gasteiger partial charge in [0.15, 0.2) is 9.84 Å². The fourth-order valence-corrected chi connectivity index (χ4v) is 4.64. The molecular formula is C12H13FNO2S2+. The lowest BCUT2D eigenvalue weighted by Gasteiger charge is -2.13. The molecule has 96 valence electrons. The highest BCUT2D eigenvalue weighted by molar-refractivity contribution is 7.93. The van der Waals surface area contributed by atoms with Crippen LogP contribution in [0.1, 0.15) is 10.8 Å². The van der Waals surface area contributed by atoms with Crippen molar-refractivity contribution in [2.24, 2.45) is 0 Å². The van der Waals surface area contributed by atoms with Gasteiger partial charge in [0.1, 0.15) is 15.3 Å². The summed E-state index contributed by atoms with van der Waals surface area (Å²) in [5, 5.41) is 0.908. The number of hydrogen-bond acceptors (Lipinski definition) is 3. The topological polar surface area (TPSA) is 61.8 Å². The van der Waals surface area contributed by atoms with Crippen molar-refractivity contribution in [3.63, 3.8) is 0 Å². The van der Waals surface area contributed by atoms with Crippen LogP contribution in [0.25, 0.3) is 0 Å².